The third kappa shape index (κ3) is 4.56. The van der Waals surface area contributed by atoms with E-state index in [1.54, 1.807) is 12.4 Å². The smallest absolute Gasteiger partial charge is 0.146 e. The van der Waals surface area contributed by atoms with Crippen LogP contribution < -0.4 is 19.9 Å². The normalized spacial score (nSPS) is 14.0. The minimum absolute atomic E-state index is 0.176. The van der Waals surface area contributed by atoms with Gasteiger partial charge >= 0.3 is 0 Å². The quantitative estimate of drug-likeness (QED) is 0.681. The average molecular weight is 393 g/mol. The number of nitrogens with zero attached hydrogens (tertiary/aromatic N) is 4. The molecule has 0 saturated carbocycles. The molecule has 1 fully saturated rings. The number of hydrogen-bond donors (Lipinski definition) is 1. The van der Waals surface area contributed by atoms with Gasteiger partial charge in [0.15, 0.2) is 0 Å². The van der Waals surface area contributed by atoms with Crippen LogP contribution in [0.4, 0.5) is 27.4 Å². The SMILES string of the molecule is CCOc1ccc(Nc2cc(N3CCN(c4ccccc4F)CC3)ncn2)cc1. The number of halogens is 1. The van der Waals surface area contributed by atoms with E-state index in [4.69, 9.17) is 4.74 Å². The topological polar surface area (TPSA) is 53.5 Å². The van der Waals surface area contributed by atoms with Crippen molar-refractivity contribution in [2.45, 2.75) is 6.92 Å². The Labute approximate surface area is 170 Å². The Bertz CT molecular complexity index is 942. The van der Waals surface area contributed by atoms with Crippen molar-refractivity contribution in [3.63, 3.8) is 0 Å². The largest absolute Gasteiger partial charge is 0.494 e. The second kappa shape index (κ2) is 8.77. The van der Waals surface area contributed by atoms with E-state index in [1.807, 2.05) is 49.4 Å². The van der Waals surface area contributed by atoms with Crippen molar-refractivity contribution in [2.24, 2.45) is 0 Å². The molecule has 3 aromatic rings. The van der Waals surface area contributed by atoms with E-state index < -0.39 is 0 Å². The van der Waals surface area contributed by atoms with Gasteiger partial charge in [0.05, 0.1) is 12.3 Å². The third-order valence-electron chi connectivity index (χ3n) is 4.89. The lowest BCUT2D eigenvalue weighted by atomic mass is 10.2. The summed E-state index contributed by atoms with van der Waals surface area (Å²) in [6.07, 6.45) is 1.56. The molecule has 0 bridgehead atoms. The molecule has 0 aliphatic carbocycles. The zero-order chi connectivity index (χ0) is 20.1. The van der Waals surface area contributed by atoms with Gasteiger partial charge in [-0.3, -0.25) is 0 Å². The summed E-state index contributed by atoms with van der Waals surface area (Å²) < 4.78 is 19.5. The molecule has 0 atom stereocenters. The number of ether oxygens (including phenoxy) is 1. The van der Waals surface area contributed by atoms with Gasteiger partial charge < -0.3 is 19.9 Å². The molecular weight excluding hydrogens is 369 g/mol. The van der Waals surface area contributed by atoms with Crippen molar-refractivity contribution in [3.05, 3.63) is 66.7 Å². The highest BCUT2D eigenvalue weighted by atomic mass is 19.1. The molecular formula is C22H24FN5O. The molecule has 150 valence electrons. The lowest BCUT2D eigenvalue weighted by Crippen LogP contribution is -2.47. The van der Waals surface area contributed by atoms with Crippen LogP contribution >= 0.6 is 0 Å². The van der Waals surface area contributed by atoms with Crippen LogP contribution in [0.15, 0.2) is 60.9 Å². The summed E-state index contributed by atoms with van der Waals surface area (Å²) in [5, 5.41) is 3.30. The summed E-state index contributed by atoms with van der Waals surface area (Å²) in [7, 11) is 0. The Kier molecular flexibility index (Phi) is 5.74. The lowest BCUT2D eigenvalue weighted by molar-refractivity contribution is 0.340. The first-order valence-electron chi connectivity index (χ1n) is 9.79. The Balaban J connectivity index is 1.39. The summed E-state index contributed by atoms with van der Waals surface area (Å²) in [6.45, 7) is 5.64. The van der Waals surface area contributed by atoms with Crippen LogP contribution in [-0.4, -0.2) is 42.8 Å². The summed E-state index contributed by atoms with van der Waals surface area (Å²) in [5.41, 5.74) is 1.59. The van der Waals surface area contributed by atoms with Crippen molar-refractivity contribution in [2.75, 3.05) is 47.9 Å². The molecule has 1 saturated heterocycles. The standard InChI is InChI=1S/C22H24FN5O/c1-2-29-18-9-7-17(8-10-18)26-21-15-22(25-16-24-21)28-13-11-27(12-14-28)20-6-4-3-5-19(20)23/h3-10,15-16H,2,11-14H2,1H3,(H,24,25,26). The molecule has 1 aliphatic heterocycles. The number of piperazine rings is 1. The first-order chi connectivity index (χ1) is 14.2. The summed E-state index contributed by atoms with van der Waals surface area (Å²) in [4.78, 5) is 13.0. The molecule has 1 aliphatic rings. The van der Waals surface area contributed by atoms with Gasteiger partial charge in [0.2, 0.25) is 0 Å². The molecule has 6 nitrogen and oxygen atoms in total. The van der Waals surface area contributed by atoms with Crippen molar-refractivity contribution < 1.29 is 9.13 Å². The zero-order valence-corrected chi connectivity index (χ0v) is 16.4. The van der Waals surface area contributed by atoms with Gasteiger partial charge in [0.25, 0.3) is 0 Å². The summed E-state index contributed by atoms with van der Waals surface area (Å²) >= 11 is 0. The van der Waals surface area contributed by atoms with E-state index in [1.165, 1.54) is 6.07 Å². The molecule has 0 amide bonds. The highest BCUT2D eigenvalue weighted by Crippen LogP contribution is 2.24. The molecule has 7 heteroatoms. The fraction of sp³-hybridized carbons (Fsp3) is 0.273. The maximum absolute atomic E-state index is 14.0. The fourth-order valence-electron chi connectivity index (χ4n) is 3.42. The van der Waals surface area contributed by atoms with Crippen LogP contribution in [0.1, 0.15) is 6.92 Å². The Morgan fingerprint density at radius 3 is 2.41 bits per heavy atom. The first kappa shape index (κ1) is 19.0. The number of anilines is 4. The molecule has 4 rings (SSSR count). The predicted molar refractivity (Wildman–Crippen MR) is 114 cm³/mol. The minimum atomic E-state index is -0.176. The summed E-state index contributed by atoms with van der Waals surface area (Å²) in [6, 6.07) is 16.6. The van der Waals surface area contributed by atoms with E-state index in [-0.39, 0.29) is 5.82 Å². The third-order valence-corrected chi connectivity index (χ3v) is 4.89. The first-order valence-corrected chi connectivity index (χ1v) is 9.79. The van der Waals surface area contributed by atoms with Crippen LogP contribution in [0.2, 0.25) is 0 Å². The number of para-hydroxylation sites is 1. The maximum atomic E-state index is 14.0. The fourth-order valence-corrected chi connectivity index (χ4v) is 3.42. The molecule has 29 heavy (non-hydrogen) atoms. The summed E-state index contributed by atoms with van der Waals surface area (Å²) in [5.74, 6) is 2.26. The van der Waals surface area contributed by atoms with Crippen LogP contribution in [0, 0.1) is 5.82 Å². The van der Waals surface area contributed by atoms with Crippen molar-refractivity contribution in [3.8, 4) is 5.75 Å². The number of nitrogens with one attached hydrogen (secondary N) is 1. The Morgan fingerprint density at radius 1 is 0.966 bits per heavy atom. The van der Waals surface area contributed by atoms with Gasteiger partial charge in [-0.05, 0) is 43.3 Å². The number of hydrogen-bond acceptors (Lipinski definition) is 6. The van der Waals surface area contributed by atoms with Gasteiger partial charge in [0, 0.05) is 37.9 Å². The molecule has 0 unspecified atom stereocenters. The zero-order valence-electron chi connectivity index (χ0n) is 16.4. The van der Waals surface area contributed by atoms with E-state index in [0.29, 0.717) is 12.3 Å². The van der Waals surface area contributed by atoms with Gasteiger partial charge in [-0.1, -0.05) is 12.1 Å². The van der Waals surface area contributed by atoms with Gasteiger partial charge in [0.1, 0.15) is 29.5 Å². The Morgan fingerprint density at radius 2 is 1.69 bits per heavy atom. The highest BCUT2D eigenvalue weighted by molar-refractivity contribution is 5.60. The molecule has 1 N–H and O–H groups in total. The molecule has 0 spiro atoms. The van der Waals surface area contributed by atoms with Gasteiger partial charge in [-0.2, -0.15) is 0 Å². The van der Waals surface area contributed by atoms with Crippen LogP contribution in [0.3, 0.4) is 0 Å². The van der Waals surface area contributed by atoms with Crippen molar-refractivity contribution >= 4 is 23.0 Å². The van der Waals surface area contributed by atoms with E-state index in [0.717, 1.165) is 49.3 Å². The average Bonchev–Trinajstić information content (AvgIpc) is 2.76. The van der Waals surface area contributed by atoms with Crippen LogP contribution in [0.25, 0.3) is 0 Å². The van der Waals surface area contributed by atoms with E-state index in [9.17, 15) is 4.39 Å². The van der Waals surface area contributed by atoms with Crippen molar-refractivity contribution in [1.82, 2.24) is 9.97 Å². The maximum Gasteiger partial charge on any atom is 0.146 e. The van der Waals surface area contributed by atoms with Gasteiger partial charge in [-0.15, -0.1) is 0 Å². The number of rotatable bonds is 6. The van der Waals surface area contributed by atoms with Crippen LogP contribution in [0.5, 0.6) is 5.75 Å². The minimum Gasteiger partial charge on any atom is -0.494 e. The molecule has 1 aromatic heterocycles. The van der Waals surface area contributed by atoms with Crippen molar-refractivity contribution in [1.29, 1.82) is 0 Å². The number of benzene rings is 2. The van der Waals surface area contributed by atoms with E-state index in [2.05, 4.69) is 25.1 Å². The predicted octanol–water partition coefficient (Wildman–Crippen LogP) is 4.08. The monoisotopic (exact) mass is 393 g/mol. The second-order valence-electron chi connectivity index (χ2n) is 6.77. The van der Waals surface area contributed by atoms with E-state index >= 15 is 0 Å². The molecule has 2 aromatic carbocycles. The number of aromatic nitrogens is 2. The molecule has 0 radical (unpaired) electrons. The van der Waals surface area contributed by atoms with Crippen LogP contribution in [-0.2, 0) is 0 Å². The highest BCUT2D eigenvalue weighted by Gasteiger charge is 2.20. The second-order valence-corrected chi connectivity index (χ2v) is 6.77. The Hall–Kier alpha value is -3.35. The molecule has 2 heterocycles. The van der Waals surface area contributed by atoms with Gasteiger partial charge in [-0.25, -0.2) is 14.4 Å². The lowest BCUT2D eigenvalue weighted by Gasteiger charge is -2.36.